The van der Waals surface area contributed by atoms with Crippen molar-refractivity contribution in [1.29, 1.82) is 0 Å². The number of hydrogen-bond donors (Lipinski definition) is 1. The van der Waals surface area contributed by atoms with Crippen LogP contribution in [0.4, 0.5) is 0 Å². The van der Waals surface area contributed by atoms with E-state index in [4.69, 9.17) is 9.31 Å². The molecule has 0 amide bonds. The van der Waals surface area contributed by atoms with Gasteiger partial charge in [-0.3, -0.25) is 0 Å². The lowest BCUT2D eigenvalue weighted by atomic mass is 9.43. The summed E-state index contributed by atoms with van der Waals surface area (Å²) in [4.78, 5) is 0. The molecule has 24 heavy (non-hydrogen) atoms. The molecule has 3 nitrogen and oxygen atoms in total. The second-order valence-electron chi connectivity index (χ2n) is 9.23. The Hall–Kier alpha value is -0.835. The molecular formula is C20H31BNO2+. The van der Waals surface area contributed by atoms with Gasteiger partial charge in [0.25, 0.3) is 0 Å². The molecule has 130 valence electrons. The van der Waals surface area contributed by atoms with Gasteiger partial charge in [0, 0.05) is 6.42 Å². The van der Waals surface area contributed by atoms with Crippen LogP contribution in [0.3, 0.4) is 0 Å². The molecule has 0 spiro atoms. The van der Waals surface area contributed by atoms with Gasteiger partial charge < -0.3 is 15.0 Å². The molecule has 1 aliphatic heterocycles. The van der Waals surface area contributed by atoms with Crippen molar-refractivity contribution < 1.29 is 15.0 Å². The van der Waals surface area contributed by atoms with E-state index in [1.165, 1.54) is 23.1 Å². The summed E-state index contributed by atoms with van der Waals surface area (Å²) in [5, 5.41) is 0. The zero-order valence-electron chi connectivity index (χ0n) is 15.8. The number of aryl methyl sites for hydroxylation is 2. The first kappa shape index (κ1) is 16.6. The van der Waals surface area contributed by atoms with Crippen LogP contribution in [0.25, 0.3) is 0 Å². The summed E-state index contributed by atoms with van der Waals surface area (Å²) in [6.07, 6.45) is 3.61. The van der Waals surface area contributed by atoms with Crippen molar-refractivity contribution in [2.24, 2.45) is 17.3 Å². The highest BCUT2D eigenvalue weighted by Crippen LogP contribution is 2.65. The van der Waals surface area contributed by atoms with E-state index in [2.05, 4.69) is 58.6 Å². The van der Waals surface area contributed by atoms with Crippen molar-refractivity contribution in [1.82, 2.24) is 0 Å². The Bertz CT molecular complexity index is 661. The molecule has 4 aliphatic rings. The van der Waals surface area contributed by atoms with Gasteiger partial charge in [0.2, 0.25) is 0 Å². The number of rotatable bonds is 3. The molecule has 1 aromatic rings. The minimum Gasteiger partial charge on any atom is -0.401 e. The molecule has 1 heterocycles. The highest BCUT2D eigenvalue weighted by atomic mass is 16.7. The Morgan fingerprint density at radius 2 is 2.00 bits per heavy atom. The number of quaternary nitrogens is 1. The van der Waals surface area contributed by atoms with Crippen molar-refractivity contribution in [2.75, 3.05) is 0 Å². The maximum absolute atomic E-state index is 6.55. The average Bonchev–Trinajstić information content (AvgIpc) is 2.86. The second-order valence-corrected chi connectivity index (χ2v) is 9.23. The van der Waals surface area contributed by atoms with Gasteiger partial charge in [-0.25, -0.2) is 0 Å². The van der Waals surface area contributed by atoms with Crippen LogP contribution in [0.5, 0.6) is 0 Å². The van der Waals surface area contributed by atoms with Crippen LogP contribution in [-0.4, -0.2) is 24.8 Å². The minimum absolute atomic E-state index is 0.124. The summed E-state index contributed by atoms with van der Waals surface area (Å²) in [6.45, 7) is 11.4. The van der Waals surface area contributed by atoms with E-state index in [1.54, 1.807) is 0 Å². The smallest absolute Gasteiger partial charge is 0.401 e. The van der Waals surface area contributed by atoms with Gasteiger partial charge in [0.15, 0.2) is 0 Å². The van der Waals surface area contributed by atoms with Crippen LogP contribution >= 0.6 is 0 Å². The van der Waals surface area contributed by atoms with Crippen LogP contribution in [0.1, 0.15) is 50.3 Å². The summed E-state index contributed by atoms with van der Waals surface area (Å²) < 4.78 is 12.9. The molecule has 0 radical (unpaired) electrons. The summed E-state index contributed by atoms with van der Waals surface area (Å²) in [5.41, 5.74) is 8.68. The normalized spacial score (nSPS) is 37.8. The molecule has 4 fully saturated rings. The summed E-state index contributed by atoms with van der Waals surface area (Å²) in [6, 6.07) is 6.66. The molecule has 1 saturated heterocycles. The van der Waals surface area contributed by atoms with Gasteiger partial charge in [-0.05, 0) is 62.0 Å². The van der Waals surface area contributed by atoms with E-state index in [0.29, 0.717) is 11.3 Å². The Labute approximate surface area is 146 Å². The molecular weight excluding hydrogens is 297 g/mol. The van der Waals surface area contributed by atoms with Gasteiger partial charge in [0.1, 0.15) is 5.94 Å². The Kier molecular flexibility index (Phi) is 3.69. The molecule has 2 bridgehead atoms. The quantitative estimate of drug-likeness (QED) is 0.867. The Morgan fingerprint density at radius 3 is 2.67 bits per heavy atom. The third kappa shape index (κ3) is 2.30. The van der Waals surface area contributed by atoms with Crippen molar-refractivity contribution in [2.45, 2.75) is 71.5 Å². The topological polar surface area (TPSA) is 46.1 Å². The van der Waals surface area contributed by atoms with Gasteiger partial charge in [0.05, 0.1) is 11.7 Å². The fraction of sp³-hybridized carbons (Fsp3) is 0.700. The SMILES string of the molecule is Cc1ccc(C[C@H]([NH3+])B2O[C@@H]3CC4C[C@@H](C4(C)C)[C@]3(C)O2)c(C)c1. The van der Waals surface area contributed by atoms with E-state index in [9.17, 15) is 0 Å². The van der Waals surface area contributed by atoms with E-state index in [1.807, 2.05) is 0 Å². The van der Waals surface area contributed by atoms with Crippen LogP contribution < -0.4 is 5.73 Å². The first-order chi connectivity index (χ1) is 11.2. The highest BCUT2D eigenvalue weighted by Gasteiger charge is 2.68. The average molecular weight is 328 g/mol. The lowest BCUT2D eigenvalue weighted by molar-refractivity contribution is -0.397. The molecule has 5 atom stereocenters. The van der Waals surface area contributed by atoms with Gasteiger partial charge >= 0.3 is 7.12 Å². The predicted molar refractivity (Wildman–Crippen MR) is 96.4 cm³/mol. The van der Waals surface area contributed by atoms with Crippen molar-refractivity contribution in [3.8, 4) is 0 Å². The summed E-state index contributed by atoms with van der Waals surface area (Å²) >= 11 is 0. The third-order valence-corrected chi connectivity index (χ3v) is 7.33. The fourth-order valence-electron chi connectivity index (χ4n) is 5.55. The van der Waals surface area contributed by atoms with Gasteiger partial charge in [-0.1, -0.05) is 37.6 Å². The maximum atomic E-state index is 6.55. The van der Waals surface area contributed by atoms with Crippen molar-refractivity contribution >= 4 is 7.12 Å². The molecule has 4 heteroatoms. The molecule has 1 unspecified atom stereocenters. The molecule has 1 aromatic carbocycles. The van der Waals surface area contributed by atoms with Gasteiger partial charge in [-0.15, -0.1) is 0 Å². The monoisotopic (exact) mass is 328 g/mol. The zero-order valence-corrected chi connectivity index (χ0v) is 15.8. The van der Waals surface area contributed by atoms with Crippen LogP contribution in [0, 0.1) is 31.1 Å². The van der Waals surface area contributed by atoms with Gasteiger partial charge in [-0.2, -0.15) is 0 Å². The summed E-state index contributed by atoms with van der Waals surface area (Å²) in [7, 11) is -0.171. The first-order valence-electron chi connectivity index (χ1n) is 9.44. The lowest BCUT2D eigenvalue weighted by Crippen LogP contribution is -2.70. The lowest BCUT2D eigenvalue weighted by Gasteiger charge is -2.64. The first-order valence-corrected chi connectivity index (χ1v) is 9.44. The van der Waals surface area contributed by atoms with E-state index in [-0.39, 0.29) is 24.8 Å². The van der Waals surface area contributed by atoms with E-state index in [0.717, 1.165) is 18.8 Å². The van der Waals surface area contributed by atoms with Crippen LogP contribution in [0.2, 0.25) is 0 Å². The van der Waals surface area contributed by atoms with Crippen molar-refractivity contribution in [3.05, 3.63) is 34.9 Å². The second kappa shape index (κ2) is 5.33. The Morgan fingerprint density at radius 1 is 1.25 bits per heavy atom. The predicted octanol–water partition coefficient (Wildman–Crippen LogP) is 2.72. The standard InChI is InChI=1S/C20H30BNO2/c1-12-6-7-14(13(2)8-12)9-18(22)21-23-17-11-15-10-16(19(15,3)4)20(17,5)24-21/h6-8,15-18H,9-11,22H2,1-5H3/p+1/t15?,16-,17+,18-,20-/m0/s1. The largest absolute Gasteiger partial charge is 0.521 e. The fourth-order valence-corrected chi connectivity index (χ4v) is 5.55. The molecule has 0 aromatic heterocycles. The molecule has 3 N–H and O–H groups in total. The highest BCUT2D eigenvalue weighted by molar-refractivity contribution is 6.46. The van der Waals surface area contributed by atoms with E-state index < -0.39 is 0 Å². The Balaban J connectivity index is 1.48. The summed E-state index contributed by atoms with van der Waals surface area (Å²) in [5.74, 6) is 1.55. The number of benzene rings is 1. The molecule has 3 aliphatic carbocycles. The van der Waals surface area contributed by atoms with Crippen LogP contribution in [0.15, 0.2) is 18.2 Å². The molecule has 5 rings (SSSR count). The van der Waals surface area contributed by atoms with E-state index >= 15 is 0 Å². The maximum Gasteiger partial charge on any atom is 0.521 e. The molecule has 3 saturated carbocycles. The minimum atomic E-state index is -0.171. The van der Waals surface area contributed by atoms with Crippen LogP contribution in [-0.2, 0) is 15.7 Å². The zero-order chi connectivity index (χ0) is 17.3. The van der Waals surface area contributed by atoms with Crippen molar-refractivity contribution in [3.63, 3.8) is 0 Å². The number of hydrogen-bond acceptors (Lipinski definition) is 2. The third-order valence-electron chi connectivity index (χ3n) is 7.33.